The quantitative estimate of drug-likeness (QED) is 0.518. The van der Waals surface area contributed by atoms with Crippen LogP contribution in [-0.4, -0.2) is 38.8 Å². The van der Waals surface area contributed by atoms with Crippen LogP contribution in [0.3, 0.4) is 0 Å². The number of aryl methyl sites for hydroxylation is 1. The van der Waals surface area contributed by atoms with Gasteiger partial charge < -0.3 is 14.8 Å². The monoisotopic (exact) mass is 364 g/mol. The third-order valence-electron chi connectivity index (χ3n) is 4.45. The van der Waals surface area contributed by atoms with Gasteiger partial charge in [0.15, 0.2) is 5.96 Å². The van der Waals surface area contributed by atoms with Crippen LogP contribution in [0.2, 0.25) is 0 Å². The van der Waals surface area contributed by atoms with E-state index in [1.807, 2.05) is 16.9 Å². The Kier molecular flexibility index (Phi) is 6.30. The Labute approximate surface area is 161 Å². The second-order valence-corrected chi connectivity index (χ2v) is 6.66. The molecule has 0 amide bonds. The molecule has 0 unspecified atom stereocenters. The first kappa shape index (κ1) is 18.8. The van der Waals surface area contributed by atoms with Gasteiger partial charge >= 0.3 is 0 Å². The van der Waals surface area contributed by atoms with E-state index in [1.54, 1.807) is 6.20 Å². The van der Waals surface area contributed by atoms with Crippen LogP contribution in [0.5, 0.6) is 0 Å². The van der Waals surface area contributed by atoms with E-state index in [1.165, 1.54) is 16.8 Å². The van der Waals surface area contributed by atoms with Crippen LogP contribution in [0.1, 0.15) is 23.7 Å². The highest BCUT2D eigenvalue weighted by molar-refractivity contribution is 5.79. The van der Waals surface area contributed by atoms with Crippen LogP contribution < -0.4 is 5.32 Å². The molecule has 2 aromatic heterocycles. The maximum absolute atomic E-state index is 4.83. The van der Waals surface area contributed by atoms with Gasteiger partial charge in [0.2, 0.25) is 0 Å². The third kappa shape index (κ3) is 5.23. The molecule has 142 valence electrons. The summed E-state index contributed by atoms with van der Waals surface area (Å²) in [4.78, 5) is 6.99. The van der Waals surface area contributed by atoms with E-state index in [0.717, 1.165) is 25.6 Å². The molecule has 1 aromatic carbocycles. The Morgan fingerprint density at radius 3 is 2.70 bits per heavy atom. The maximum atomic E-state index is 4.83. The summed E-state index contributed by atoms with van der Waals surface area (Å²) in [7, 11) is 4.14. The summed E-state index contributed by atoms with van der Waals surface area (Å²) in [5.74, 6) is 0.913. The zero-order chi connectivity index (χ0) is 19.1. The van der Waals surface area contributed by atoms with Gasteiger partial charge in [-0.15, -0.1) is 0 Å². The minimum absolute atomic E-state index is 0.646. The van der Waals surface area contributed by atoms with Crippen LogP contribution in [0, 0.1) is 0 Å². The van der Waals surface area contributed by atoms with Crippen LogP contribution in [0.25, 0.3) is 0 Å². The first-order chi connectivity index (χ1) is 13.2. The fraction of sp³-hybridized carbons (Fsp3) is 0.333. The van der Waals surface area contributed by atoms with Crippen molar-refractivity contribution >= 4 is 5.96 Å². The smallest absolute Gasteiger partial charge is 0.194 e. The molecule has 0 saturated heterocycles. The summed E-state index contributed by atoms with van der Waals surface area (Å²) in [5.41, 5.74) is 3.68. The van der Waals surface area contributed by atoms with E-state index < -0.39 is 0 Å². The first-order valence-electron chi connectivity index (χ1n) is 9.30. The largest absolute Gasteiger partial charge is 0.357 e. The van der Waals surface area contributed by atoms with Crippen molar-refractivity contribution in [1.82, 2.24) is 24.6 Å². The van der Waals surface area contributed by atoms with Gasteiger partial charge in [0, 0.05) is 44.9 Å². The lowest BCUT2D eigenvalue weighted by Crippen LogP contribution is -2.38. The topological polar surface area (TPSA) is 50.4 Å². The van der Waals surface area contributed by atoms with Crippen LogP contribution in [0.15, 0.2) is 66.0 Å². The fourth-order valence-corrected chi connectivity index (χ4v) is 3.02. The molecular formula is C21H28N6. The van der Waals surface area contributed by atoms with Gasteiger partial charge in [0.25, 0.3) is 0 Å². The molecule has 0 aliphatic rings. The van der Waals surface area contributed by atoms with Gasteiger partial charge in [-0.25, -0.2) is 4.99 Å². The number of nitrogens with one attached hydrogen (secondary N) is 1. The summed E-state index contributed by atoms with van der Waals surface area (Å²) in [6.07, 6.45) is 5.85. The van der Waals surface area contributed by atoms with Crippen molar-refractivity contribution in [3.63, 3.8) is 0 Å². The second-order valence-electron chi connectivity index (χ2n) is 6.66. The number of benzene rings is 1. The lowest BCUT2D eigenvalue weighted by Gasteiger charge is -2.22. The molecule has 0 saturated carbocycles. The molecule has 0 spiro atoms. The molecule has 0 aliphatic heterocycles. The summed E-state index contributed by atoms with van der Waals surface area (Å²) in [6, 6.07) is 14.7. The van der Waals surface area contributed by atoms with Gasteiger partial charge in [-0.1, -0.05) is 24.3 Å². The molecular weight excluding hydrogens is 336 g/mol. The standard InChI is InChI=1S/C21H28N6/c1-4-22-21(26(3)17-20-10-6-12-25(20)2)23-15-18-8-5-9-19(14-18)16-27-13-7-11-24-27/h5-14H,4,15-17H2,1-3H3,(H,22,23). The molecule has 6 heteroatoms. The van der Waals surface area contributed by atoms with Gasteiger partial charge in [-0.05, 0) is 36.2 Å². The third-order valence-corrected chi connectivity index (χ3v) is 4.45. The summed E-state index contributed by atoms with van der Waals surface area (Å²) in [5, 5.41) is 7.66. The highest BCUT2D eigenvalue weighted by atomic mass is 15.3. The molecule has 3 rings (SSSR count). The summed E-state index contributed by atoms with van der Waals surface area (Å²) < 4.78 is 4.07. The van der Waals surface area contributed by atoms with Gasteiger partial charge in [0.05, 0.1) is 19.6 Å². The van der Waals surface area contributed by atoms with Crippen molar-refractivity contribution < 1.29 is 0 Å². The Bertz CT molecular complexity index is 862. The molecule has 6 nitrogen and oxygen atoms in total. The van der Waals surface area contributed by atoms with Gasteiger partial charge in [-0.3, -0.25) is 4.68 Å². The SMILES string of the molecule is CCNC(=NCc1cccc(Cn2cccn2)c1)N(C)Cc1cccn1C. The van der Waals surface area contributed by atoms with E-state index >= 15 is 0 Å². The summed E-state index contributed by atoms with van der Waals surface area (Å²) in [6.45, 7) is 5.17. The Balaban J connectivity index is 1.68. The zero-order valence-electron chi connectivity index (χ0n) is 16.3. The molecule has 2 heterocycles. The number of rotatable bonds is 7. The number of aromatic nitrogens is 3. The molecule has 0 atom stereocenters. The van der Waals surface area contributed by atoms with Crippen molar-refractivity contribution in [2.24, 2.45) is 12.0 Å². The Hall–Kier alpha value is -3.02. The molecule has 0 bridgehead atoms. The normalized spacial score (nSPS) is 11.6. The molecule has 1 N–H and O–H groups in total. The van der Waals surface area contributed by atoms with Crippen molar-refractivity contribution in [1.29, 1.82) is 0 Å². The van der Waals surface area contributed by atoms with Crippen molar-refractivity contribution in [3.8, 4) is 0 Å². The van der Waals surface area contributed by atoms with Crippen molar-refractivity contribution in [2.75, 3.05) is 13.6 Å². The fourth-order valence-electron chi connectivity index (χ4n) is 3.02. The van der Waals surface area contributed by atoms with Crippen LogP contribution in [-0.2, 0) is 26.7 Å². The molecule has 0 fully saturated rings. The highest BCUT2D eigenvalue weighted by Gasteiger charge is 2.08. The lowest BCUT2D eigenvalue weighted by atomic mass is 10.1. The molecule has 27 heavy (non-hydrogen) atoms. The second kappa shape index (κ2) is 9.07. The van der Waals surface area contributed by atoms with Gasteiger partial charge in [-0.2, -0.15) is 5.10 Å². The lowest BCUT2D eigenvalue weighted by molar-refractivity contribution is 0.462. The van der Waals surface area contributed by atoms with E-state index in [4.69, 9.17) is 4.99 Å². The maximum Gasteiger partial charge on any atom is 0.194 e. The van der Waals surface area contributed by atoms with Crippen LogP contribution in [0.4, 0.5) is 0 Å². The minimum Gasteiger partial charge on any atom is -0.357 e. The zero-order valence-corrected chi connectivity index (χ0v) is 16.3. The van der Waals surface area contributed by atoms with Gasteiger partial charge in [0.1, 0.15) is 0 Å². The average molecular weight is 364 g/mol. The number of guanidine groups is 1. The predicted octanol–water partition coefficient (Wildman–Crippen LogP) is 2.87. The predicted molar refractivity (Wildman–Crippen MR) is 109 cm³/mol. The first-order valence-corrected chi connectivity index (χ1v) is 9.30. The van der Waals surface area contributed by atoms with Crippen molar-refractivity contribution in [3.05, 3.63) is 77.9 Å². The highest BCUT2D eigenvalue weighted by Crippen LogP contribution is 2.09. The number of hydrogen-bond donors (Lipinski definition) is 1. The van der Waals surface area contributed by atoms with Crippen LogP contribution >= 0.6 is 0 Å². The molecule has 3 aromatic rings. The summed E-state index contributed by atoms with van der Waals surface area (Å²) >= 11 is 0. The van der Waals surface area contributed by atoms with E-state index in [2.05, 4.69) is 83.5 Å². The number of hydrogen-bond acceptors (Lipinski definition) is 2. The number of aliphatic imine (C=N–C) groups is 1. The minimum atomic E-state index is 0.646. The Morgan fingerprint density at radius 1 is 1.15 bits per heavy atom. The van der Waals surface area contributed by atoms with Crippen molar-refractivity contribution in [2.45, 2.75) is 26.6 Å². The molecule has 0 radical (unpaired) electrons. The molecule has 0 aliphatic carbocycles. The van der Waals surface area contributed by atoms with E-state index in [0.29, 0.717) is 6.54 Å². The number of nitrogens with zero attached hydrogens (tertiary/aromatic N) is 5. The average Bonchev–Trinajstić information content (AvgIpc) is 3.31. The van der Waals surface area contributed by atoms with E-state index in [-0.39, 0.29) is 0 Å². The Morgan fingerprint density at radius 2 is 2.00 bits per heavy atom. The van der Waals surface area contributed by atoms with E-state index in [9.17, 15) is 0 Å².